The average molecular weight is 293 g/mol. The molecular formula is C18H32OSi. The van der Waals surface area contributed by atoms with E-state index in [0.29, 0.717) is 23.2 Å². The Labute approximate surface area is 128 Å². The fourth-order valence-corrected chi connectivity index (χ4v) is 8.44. The average Bonchev–Trinajstić information content (AvgIpc) is 2.35. The van der Waals surface area contributed by atoms with Crippen LogP contribution in [0.5, 0.6) is 0 Å². The van der Waals surface area contributed by atoms with Crippen LogP contribution in [0.2, 0.25) is 16.6 Å². The zero-order valence-corrected chi connectivity index (χ0v) is 15.5. The Balaban J connectivity index is 4.56. The van der Waals surface area contributed by atoms with Crippen LogP contribution in [0.15, 0.2) is 0 Å². The van der Waals surface area contributed by atoms with Crippen LogP contribution in [0.3, 0.4) is 0 Å². The van der Waals surface area contributed by atoms with E-state index in [4.69, 9.17) is 4.43 Å². The molecule has 0 aliphatic rings. The van der Waals surface area contributed by atoms with E-state index in [2.05, 4.69) is 72.1 Å². The molecule has 0 aromatic rings. The lowest BCUT2D eigenvalue weighted by molar-refractivity contribution is 0.322. The molecule has 1 nitrogen and oxygen atoms in total. The highest BCUT2D eigenvalue weighted by molar-refractivity contribution is 6.77. The first-order valence-electron chi connectivity index (χ1n) is 7.99. The molecule has 0 aromatic carbocycles. The Kier molecular flexibility index (Phi) is 9.73. The number of hydrogen-bond donors (Lipinski definition) is 0. The van der Waals surface area contributed by atoms with Crippen LogP contribution in [-0.2, 0) is 4.43 Å². The molecule has 0 amide bonds. The third-order valence-corrected chi connectivity index (χ3v) is 10.1. The van der Waals surface area contributed by atoms with Gasteiger partial charge in [0.1, 0.15) is 0 Å². The minimum atomic E-state index is -1.76. The van der Waals surface area contributed by atoms with Crippen molar-refractivity contribution in [1.82, 2.24) is 0 Å². The Morgan fingerprint density at radius 1 is 0.850 bits per heavy atom. The van der Waals surface area contributed by atoms with Gasteiger partial charge < -0.3 is 4.43 Å². The van der Waals surface area contributed by atoms with Crippen molar-refractivity contribution < 1.29 is 4.43 Å². The number of unbranched alkanes of at least 4 members (excludes halogenated alkanes) is 2. The fraction of sp³-hybridized carbons (Fsp3) is 0.778. The second-order valence-corrected chi connectivity index (χ2v) is 11.8. The standard InChI is InChI=1S/C18H32OSi/c1-8-9-10-11-12-13-14-15-19-20(16(2)3,17(4)5)18(6)7/h16-18H,8-10,15H2,1-7H3. The van der Waals surface area contributed by atoms with E-state index >= 15 is 0 Å². The minimum absolute atomic E-state index is 0.531. The van der Waals surface area contributed by atoms with Crippen molar-refractivity contribution in [3.05, 3.63) is 0 Å². The molecule has 0 aromatic heterocycles. The SMILES string of the molecule is CCCCC#CC#CCO[Si](C(C)C)(C(C)C)C(C)C. The lowest BCUT2D eigenvalue weighted by Crippen LogP contribution is -2.47. The zero-order chi connectivity index (χ0) is 15.6. The van der Waals surface area contributed by atoms with Crippen LogP contribution in [-0.4, -0.2) is 14.9 Å². The summed E-state index contributed by atoms with van der Waals surface area (Å²) >= 11 is 0. The molecule has 0 radical (unpaired) electrons. The van der Waals surface area contributed by atoms with E-state index in [1.807, 2.05) is 0 Å². The highest BCUT2D eigenvalue weighted by Crippen LogP contribution is 2.41. The lowest BCUT2D eigenvalue weighted by atomic mass is 10.2. The van der Waals surface area contributed by atoms with Crippen molar-refractivity contribution in [2.75, 3.05) is 6.61 Å². The molecule has 114 valence electrons. The van der Waals surface area contributed by atoms with Gasteiger partial charge in [0.2, 0.25) is 8.32 Å². The highest BCUT2D eigenvalue weighted by Gasteiger charge is 2.44. The van der Waals surface area contributed by atoms with Gasteiger partial charge in [0.05, 0.1) is 6.61 Å². The van der Waals surface area contributed by atoms with Gasteiger partial charge in [-0.25, -0.2) is 0 Å². The second-order valence-electron chi connectivity index (χ2n) is 6.31. The summed E-state index contributed by atoms with van der Waals surface area (Å²) in [6.07, 6.45) is 3.31. The van der Waals surface area contributed by atoms with Gasteiger partial charge >= 0.3 is 0 Å². The largest absolute Gasteiger partial charge is 0.405 e. The first-order chi connectivity index (χ1) is 9.39. The monoisotopic (exact) mass is 292 g/mol. The third kappa shape index (κ3) is 5.74. The topological polar surface area (TPSA) is 9.23 Å². The molecule has 0 heterocycles. The quantitative estimate of drug-likeness (QED) is 0.348. The van der Waals surface area contributed by atoms with Gasteiger partial charge in [0.25, 0.3) is 0 Å². The van der Waals surface area contributed by atoms with E-state index in [-0.39, 0.29) is 0 Å². The summed E-state index contributed by atoms with van der Waals surface area (Å²) in [4.78, 5) is 0. The van der Waals surface area contributed by atoms with Gasteiger partial charge in [-0.3, -0.25) is 0 Å². The van der Waals surface area contributed by atoms with Crippen molar-refractivity contribution in [3.63, 3.8) is 0 Å². The van der Waals surface area contributed by atoms with Crippen molar-refractivity contribution in [2.45, 2.75) is 84.4 Å². The molecule has 0 aliphatic heterocycles. The predicted molar refractivity (Wildman–Crippen MR) is 92.1 cm³/mol. The van der Waals surface area contributed by atoms with E-state index in [1.165, 1.54) is 6.42 Å². The molecule has 0 saturated carbocycles. The summed E-state index contributed by atoms with van der Waals surface area (Å²) in [5.74, 6) is 12.0. The maximum absolute atomic E-state index is 6.34. The Hall–Kier alpha value is -0.703. The molecular weight excluding hydrogens is 260 g/mol. The molecule has 20 heavy (non-hydrogen) atoms. The minimum Gasteiger partial charge on any atom is -0.405 e. The van der Waals surface area contributed by atoms with E-state index in [9.17, 15) is 0 Å². The van der Waals surface area contributed by atoms with Crippen LogP contribution in [0.1, 0.15) is 67.7 Å². The summed E-state index contributed by atoms with van der Waals surface area (Å²) in [6, 6.07) is 0. The first-order valence-corrected chi connectivity index (χ1v) is 10.1. The molecule has 0 unspecified atom stereocenters. The lowest BCUT2D eigenvalue weighted by Gasteiger charge is -2.41. The Morgan fingerprint density at radius 2 is 1.35 bits per heavy atom. The molecule has 0 bridgehead atoms. The van der Waals surface area contributed by atoms with Crippen LogP contribution in [0.25, 0.3) is 0 Å². The normalized spacial score (nSPS) is 11.3. The van der Waals surface area contributed by atoms with Gasteiger partial charge in [0.15, 0.2) is 0 Å². The van der Waals surface area contributed by atoms with Crippen molar-refractivity contribution >= 4 is 8.32 Å². The maximum atomic E-state index is 6.34. The second kappa shape index (κ2) is 10.1. The molecule has 0 fully saturated rings. The third-order valence-electron chi connectivity index (χ3n) is 4.00. The van der Waals surface area contributed by atoms with E-state index in [1.54, 1.807) is 0 Å². The first kappa shape index (κ1) is 19.3. The van der Waals surface area contributed by atoms with Crippen LogP contribution in [0.4, 0.5) is 0 Å². The number of hydrogen-bond acceptors (Lipinski definition) is 1. The van der Waals surface area contributed by atoms with Crippen molar-refractivity contribution in [1.29, 1.82) is 0 Å². The number of rotatable bonds is 7. The summed E-state index contributed by atoms with van der Waals surface area (Å²) in [5, 5.41) is 0. The van der Waals surface area contributed by atoms with Crippen molar-refractivity contribution in [3.8, 4) is 23.7 Å². The van der Waals surface area contributed by atoms with Gasteiger partial charge in [-0.15, -0.1) is 0 Å². The summed E-state index contributed by atoms with van der Waals surface area (Å²) < 4.78 is 6.34. The smallest absolute Gasteiger partial charge is 0.201 e. The summed E-state index contributed by atoms with van der Waals surface area (Å²) in [5.41, 5.74) is 1.83. The highest BCUT2D eigenvalue weighted by atomic mass is 28.4. The Morgan fingerprint density at radius 3 is 1.80 bits per heavy atom. The molecule has 0 atom stereocenters. The predicted octanol–water partition coefficient (Wildman–Crippen LogP) is 5.38. The van der Waals surface area contributed by atoms with E-state index < -0.39 is 8.32 Å². The van der Waals surface area contributed by atoms with Crippen LogP contribution < -0.4 is 0 Å². The molecule has 2 heteroatoms. The maximum Gasteiger partial charge on any atom is 0.201 e. The molecule has 0 spiro atoms. The van der Waals surface area contributed by atoms with Crippen LogP contribution in [0, 0.1) is 23.7 Å². The summed E-state index contributed by atoms with van der Waals surface area (Å²) in [6.45, 7) is 16.5. The van der Waals surface area contributed by atoms with Gasteiger partial charge in [-0.2, -0.15) is 0 Å². The van der Waals surface area contributed by atoms with Gasteiger partial charge in [-0.1, -0.05) is 66.7 Å². The Bertz CT molecular complexity index is 352. The molecule has 0 aliphatic carbocycles. The van der Waals surface area contributed by atoms with Gasteiger partial charge in [-0.05, 0) is 34.9 Å². The van der Waals surface area contributed by atoms with Crippen LogP contribution >= 0.6 is 0 Å². The molecule has 0 rings (SSSR count). The molecule has 0 saturated heterocycles. The molecule has 0 N–H and O–H groups in total. The van der Waals surface area contributed by atoms with E-state index in [0.717, 1.165) is 12.8 Å². The van der Waals surface area contributed by atoms with Gasteiger partial charge in [0, 0.05) is 6.42 Å². The van der Waals surface area contributed by atoms with Crippen molar-refractivity contribution in [2.24, 2.45) is 0 Å². The fourth-order valence-electron chi connectivity index (χ4n) is 3.11. The zero-order valence-electron chi connectivity index (χ0n) is 14.5. The summed E-state index contributed by atoms with van der Waals surface area (Å²) in [7, 11) is -1.76.